The maximum atomic E-state index is 12.6. The van der Waals surface area contributed by atoms with Crippen LogP contribution in [-0.4, -0.2) is 24.5 Å². The minimum absolute atomic E-state index is 0.131. The lowest BCUT2D eigenvalue weighted by molar-refractivity contribution is -0.115. The highest BCUT2D eigenvalue weighted by Crippen LogP contribution is 2.57. The average molecular weight is 520 g/mol. The van der Waals surface area contributed by atoms with Crippen LogP contribution in [0.3, 0.4) is 0 Å². The van der Waals surface area contributed by atoms with E-state index in [1.807, 2.05) is 0 Å². The summed E-state index contributed by atoms with van der Waals surface area (Å²) in [7, 11) is -2.54. The van der Waals surface area contributed by atoms with E-state index >= 15 is 0 Å². The highest BCUT2D eigenvalue weighted by Gasteiger charge is 2.53. The standard InChI is InChI=1S/C24H23Cl2N3O4S/c1-13(34(31)32)15-4-2-14(3-5-15)10-20(30)27-17-11-18(25)21(19(26)12-17)24(8-9-24)23-28-22(33-29-23)16-6-7-16/h2-5,11-13,16,34H,6-10H2,1H3,(H,27,30). The Bertz CT molecular complexity index is 1300. The van der Waals surface area contributed by atoms with Crippen molar-refractivity contribution < 1.29 is 17.7 Å². The average Bonchev–Trinajstić information content (AvgIpc) is 3.73. The first-order valence-corrected chi connectivity index (χ1v) is 13.1. The van der Waals surface area contributed by atoms with Crippen molar-refractivity contribution >= 4 is 45.5 Å². The summed E-state index contributed by atoms with van der Waals surface area (Å²) < 4.78 is 27.8. The third kappa shape index (κ3) is 4.59. The number of rotatable bonds is 8. The van der Waals surface area contributed by atoms with Crippen molar-refractivity contribution in [3.63, 3.8) is 0 Å². The van der Waals surface area contributed by atoms with Gasteiger partial charge in [0.05, 0.1) is 17.1 Å². The van der Waals surface area contributed by atoms with E-state index in [0.29, 0.717) is 38.9 Å². The second-order valence-corrected chi connectivity index (χ2v) is 11.2. The van der Waals surface area contributed by atoms with Crippen molar-refractivity contribution in [3.8, 4) is 0 Å². The van der Waals surface area contributed by atoms with Gasteiger partial charge >= 0.3 is 0 Å². The molecule has 2 fully saturated rings. The van der Waals surface area contributed by atoms with E-state index in [4.69, 9.17) is 27.7 Å². The van der Waals surface area contributed by atoms with Gasteiger partial charge in [-0.05, 0) is 55.9 Å². The van der Waals surface area contributed by atoms with Crippen LogP contribution in [0.2, 0.25) is 10.0 Å². The molecule has 10 heteroatoms. The molecule has 2 aromatic carbocycles. The van der Waals surface area contributed by atoms with Crippen LogP contribution in [0, 0.1) is 0 Å². The quantitative estimate of drug-likeness (QED) is 0.397. The number of halogens is 2. The van der Waals surface area contributed by atoms with Gasteiger partial charge in [0.15, 0.2) is 5.82 Å². The lowest BCUT2D eigenvalue weighted by Gasteiger charge is -2.17. The zero-order chi connectivity index (χ0) is 24.0. The molecule has 0 aliphatic heterocycles. The molecule has 3 aromatic rings. The SMILES string of the molecule is CC(c1ccc(CC(=O)Nc2cc(Cl)c(C3(c4noc(C5CC5)n4)CC3)c(Cl)c2)cc1)[SH](=O)=O. The fraction of sp³-hybridized carbons (Fsp3) is 0.375. The Labute approximate surface area is 208 Å². The molecule has 1 heterocycles. The first-order chi connectivity index (χ1) is 16.3. The van der Waals surface area contributed by atoms with Gasteiger partial charge in [-0.25, -0.2) is 8.42 Å². The largest absolute Gasteiger partial charge is 0.339 e. The van der Waals surface area contributed by atoms with Crippen molar-refractivity contribution in [1.82, 2.24) is 10.1 Å². The first-order valence-electron chi connectivity index (χ1n) is 11.1. The Kier molecular flexibility index (Phi) is 6.16. The van der Waals surface area contributed by atoms with E-state index in [0.717, 1.165) is 36.8 Å². The van der Waals surface area contributed by atoms with Crippen LogP contribution in [0.1, 0.15) is 72.2 Å². The van der Waals surface area contributed by atoms with Crippen LogP contribution in [0.25, 0.3) is 0 Å². The van der Waals surface area contributed by atoms with E-state index < -0.39 is 21.4 Å². The van der Waals surface area contributed by atoms with Crippen LogP contribution in [0.4, 0.5) is 5.69 Å². The fourth-order valence-corrected chi connectivity index (χ4v) is 5.43. The number of anilines is 1. The summed E-state index contributed by atoms with van der Waals surface area (Å²) in [5.74, 6) is 1.44. The number of carbonyl (C=O) groups is 1. The minimum Gasteiger partial charge on any atom is -0.339 e. The van der Waals surface area contributed by atoms with Crippen LogP contribution >= 0.6 is 23.2 Å². The van der Waals surface area contributed by atoms with E-state index in [1.54, 1.807) is 43.3 Å². The molecule has 1 aromatic heterocycles. The predicted molar refractivity (Wildman–Crippen MR) is 130 cm³/mol. The number of thiol groups is 1. The molecule has 2 saturated carbocycles. The molecule has 7 nitrogen and oxygen atoms in total. The second-order valence-electron chi connectivity index (χ2n) is 9.06. The Morgan fingerprint density at radius 2 is 1.82 bits per heavy atom. The molecule has 178 valence electrons. The van der Waals surface area contributed by atoms with E-state index in [-0.39, 0.29) is 12.3 Å². The van der Waals surface area contributed by atoms with Gasteiger partial charge in [0.1, 0.15) is 10.7 Å². The number of hydrogen-bond donors (Lipinski definition) is 2. The maximum Gasteiger partial charge on any atom is 0.229 e. The summed E-state index contributed by atoms with van der Waals surface area (Å²) in [6.07, 6.45) is 3.95. The number of hydrogen-bond acceptors (Lipinski definition) is 6. The third-order valence-electron chi connectivity index (χ3n) is 6.49. The molecule has 2 aliphatic carbocycles. The van der Waals surface area contributed by atoms with Crippen molar-refractivity contribution in [3.05, 3.63) is 74.8 Å². The van der Waals surface area contributed by atoms with Gasteiger partial charge < -0.3 is 9.84 Å². The molecule has 0 spiro atoms. The molecule has 0 saturated heterocycles. The van der Waals surface area contributed by atoms with E-state index in [2.05, 4.69) is 15.5 Å². The Morgan fingerprint density at radius 3 is 2.38 bits per heavy atom. The second kappa shape index (κ2) is 8.98. The molecule has 1 amide bonds. The summed E-state index contributed by atoms with van der Waals surface area (Å²) >= 11 is 13.3. The summed E-state index contributed by atoms with van der Waals surface area (Å²) in [5.41, 5.74) is 2.28. The molecular formula is C24H23Cl2N3O4S. The number of aromatic nitrogens is 2. The zero-order valence-corrected chi connectivity index (χ0v) is 20.8. The lowest BCUT2D eigenvalue weighted by atomic mass is 9.94. The number of nitrogens with zero attached hydrogens (tertiary/aromatic N) is 2. The Balaban J connectivity index is 1.29. The zero-order valence-electron chi connectivity index (χ0n) is 18.4. The monoisotopic (exact) mass is 519 g/mol. The summed E-state index contributed by atoms with van der Waals surface area (Å²) in [4.78, 5) is 17.2. The molecule has 5 rings (SSSR count). The fourth-order valence-electron chi connectivity index (χ4n) is 4.16. The third-order valence-corrected chi connectivity index (χ3v) is 8.02. The molecule has 1 N–H and O–H groups in total. The molecule has 1 unspecified atom stereocenters. The first kappa shape index (κ1) is 23.3. The minimum atomic E-state index is -2.54. The van der Waals surface area contributed by atoms with Gasteiger partial charge in [-0.3, -0.25) is 4.79 Å². The lowest BCUT2D eigenvalue weighted by Crippen LogP contribution is -2.16. The van der Waals surface area contributed by atoms with Crippen molar-refractivity contribution in [2.24, 2.45) is 0 Å². The number of nitrogens with one attached hydrogen (secondary N) is 1. The molecule has 34 heavy (non-hydrogen) atoms. The Morgan fingerprint density at radius 1 is 1.18 bits per heavy atom. The van der Waals surface area contributed by atoms with Crippen molar-refractivity contribution in [2.45, 2.75) is 55.6 Å². The van der Waals surface area contributed by atoms with Crippen LogP contribution < -0.4 is 5.32 Å². The number of benzene rings is 2. The van der Waals surface area contributed by atoms with E-state index in [1.165, 1.54) is 0 Å². The number of amides is 1. The van der Waals surface area contributed by atoms with Crippen molar-refractivity contribution in [1.29, 1.82) is 0 Å². The van der Waals surface area contributed by atoms with Gasteiger partial charge in [-0.1, -0.05) is 52.6 Å². The molecule has 0 bridgehead atoms. The van der Waals surface area contributed by atoms with Crippen LogP contribution in [0.5, 0.6) is 0 Å². The van der Waals surface area contributed by atoms with Crippen molar-refractivity contribution in [2.75, 3.05) is 5.32 Å². The smallest absolute Gasteiger partial charge is 0.229 e. The molecule has 1 atom stereocenters. The normalized spacial score (nSPS) is 17.5. The maximum absolute atomic E-state index is 12.6. The van der Waals surface area contributed by atoms with Crippen LogP contribution in [0.15, 0.2) is 40.9 Å². The van der Waals surface area contributed by atoms with Gasteiger partial charge in [0.2, 0.25) is 11.8 Å². The van der Waals surface area contributed by atoms with E-state index in [9.17, 15) is 13.2 Å². The highest BCUT2D eigenvalue weighted by atomic mass is 35.5. The molecule has 0 radical (unpaired) electrons. The van der Waals surface area contributed by atoms with Crippen LogP contribution in [-0.2, 0) is 27.3 Å². The predicted octanol–water partition coefficient (Wildman–Crippen LogP) is 5.19. The topological polar surface area (TPSA) is 102 Å². The van der Waals surface area contributed by atoms with Gasteiger partial charge in [-0.2, -0.15) is 4.98 Å². The molecular weight excluding hydrogens is 497 g/mol. The van der Waals surface area contributed by atoms with Gasteiger partial charge in [0, 0.05) is 27.2 Å². The number of carbonyl (C=O) groups excluding carboxylic acids is 1. The Hall–Kier alpha value is -2.42. The summed E-state index contributed by atoms with van der Waals surface area (Å²) in [6, 6.07) is 10.3. The summed E-state index contributed by atoms with van der Waals surface area (Å²) in [5, 5.41) is 7.38. The highest BCUT2D eigenvalue weighted by molar-refractivity contribution is 7.72. The van der Waals surface area contributed by atoms with Gasteiger partial charge in [-0.15, -0.1) is 0 Å². The van der Waals surface area contributed by atoms with Gasteiger partial charge in [0.25, 0.3) is 0 Å². The summed E-state index contributed by atoms with van der Waals surface area (Å²) in [6.45, 7) is 1.63. The molecule has 2 aliphatic rings.